The van der Waals surface area contributed by atoms with Crippen molar-refractivity contribution in [1.29, 1.82) is 0 Å². The van der Waals surface area contributed by atoms with Crippen LogP contribution >= 0.6 is 0 Å². The maximum absolute atomic E-state index is 13.0. The topological polar surface area (TPSA) is 98.8 Å². The van der Waals surface area contributed by atoms with Gasteiger partial charge in [0.05, 0.1) is 4.90 Å². The zero-order chi connectivity index (χ0) is 24.3. The number of sulfone groups is 1. The highest BCUT2D eigenvalue weighted by Gasteiger charge is 2.44. The first-order valence-electron chi connectivity index (χ1n) is 11.6. The Morgan fingerprint density at radius 1 is 1.12 bits per heavy atom. The first-order chi connectivity index (χ1) is 16.2. The van der Waals surface area contributed by atoms with Crippen molar-refractivity contribution >= 4 is 27.3 Å². The second-order valence-corrected chi connectivity index (χ2v) is 11.2. The molecule has 8 nitrogen and oxygen atoms in total. The van der Waals surface area contributed by atoms with Gasteiger partial charge in [-0.05, 0) is 49.7 Å². The van der Waals surface area contributed by atoms with Crippen LogP contribution in [0.5, 0.6) is 0 Å². The predicted octanol–water partition coefficient (Wildman–Crippen LogP) is 1.88. The van der Waals surface area contributed by atoms with E-state index in [0.717, 1.165) is 24.2 Å². The number of nitrogens with one attached hydrogen (secondary N) is 2. The number of carbonyl (C=O) groups excluding carboxylic acids is 2. The molecule has 9 heteroatoms. The summed E-state index contributed by atoms with van der Waals surface area (Å²) in [6, 6.07) is 16.1. The van der Waals surface area contributed by atoms with Crippen molar-refractivity contribution in [1.82, 2.24) is 15.1 Å². The highest BCUT2D eigenvalue weighted by atomic mass is 32.2. The van der Waals surface area contributed by atoms with Crippen LogP contribution in [0.3, 0.4) is 0 Å². The lowest BCUT2D eigenvalue weighted by molar-refractivity contribution is -0.126. The number of benzene rings is 2. The molecule has 4 rings (SSSR count). The van der Waals surface area contributed by atoms with Gasteiger partial charge in [0.2, 0.25) is 11.8 Å². The van der Waals surface area contributed by atoms with Crippen molar-refractivity contribution in [3.8, 4) is 0 Å². The van der Waals surface area contributed by atoms with Crippen molar-refractivity contribution < 1.29 is 18.0 Å². The molecule has 2 N–H and O–H groups in total. The zero-order valence-electron chi connectivity index (χ0n) is 19.6. The summed E-state index contributed by atoms with van der Waals surface area (Å²) in [4.78, 5) is 30.1. The normalized spacial score (nSPS) is 23.7. The van der Waals surface area contributed by atoms with Gasteiger partial charge in [0.1, 0.15) is 6.04 Å². The second-order valence-electron chi connectivity index (χ2n) is 9.20. The molecule has 2 saturated heterocycles. The fraction of sp³-hybridized carbons (Fsp3) is 0.440. The molecule has 2 aliphatic heterocycles. The number of para-hydroxylation sites is 1. The van der Waals surface area contributed by atoms with Crippen molar-refractivity contribution in [2.24, 2.45) is 0 Å². The first kappa shape index (κ1) is 24.4. The molecule has 0 saturated carbocycles. The number of carbonyl (C=O) groups is 2. The van der Waals surface area contributed by atoms with E-state index in [2.05, 4.69) is 20.4 Å². The molecule has 3 unspecified atom stereocenters. The quantitative estimate of drug-likeness (QED) is 0.623. The Hall–Kier alpha value is -2.75. The molecule has 182 valence electrons. The van der Waals surface area contributed by atoms with Crippen LogP contribution in [-0.2, 0) is 26.0 Å². The van der Waals surface area contributed by atoms with E-state index >= 15 is 0 Å². The largest absolute Gasteiger partial charge is 0.353 e. The summed E-state index contributed by atoms with van der Waals surface area (Å²) in [6.45, 7) is 1.87. The van der Waals surface area contributed by atoms with Crippen molar-refractivity contribution in [3.05, 3.63) is 60.2 Å². The second kappa shape index (κ2) is 10.2. The van der Waals surface area contributed by atoms with E-state index in [1.807, 2.05) is 49.5 Å². The van der Waals surface area contributed by atoms with Gasteiger partial charge in [-0.2, -0.15) is 0 Å². The van der Waals surface area contributed by atoms with Crippen LogP contribution in [0, 0.1) is 0 Å². The maximum atomic E-state index is 13.0. The summed E-state index contributed by atoms with van der Waals surface area (Å²) in [7, 11) is -1.19. The van der Waals surface area contributed by atoms with Crippen molar-refractivity contribution in [3.63, 3.8) is 0 Å². The Balaban J connectivity index is 1.37. The molecular formula is C25H32N4O4S. The van der Waals surface area contributed by atoms with Gasteiger partial charge in [0.25, 0.3) is 0 Å². The number of rotatable bonds is 7. The lowest BCUT2D eigenvalue weighted by Crippen LogP contribution is -2.49. The standard InChI is InChI=1S/C25H32N4O4S/c1-28-20(10-13-23(30)27-19-6-4-3-5-7-19)16-26-25(31)24-22(28)14-15-29(24)17-18-8-11-21(12-9-18)34(2,32)33/h3-9,11-12,20,22,24H,10,13-17H2,1-2H3,(H,26,31)(H,27,30). The Bertz CT molecular complexity index is 1120. The number of amides is 2. The molecule has 2 aliphatic rings. The van der Waals surface area contributed by atoms with E-state index in [1.165, 1.54) is 6.26 Å². The number of fused-ring (bicyclic) bond motifs is 1. The number of likely N-dealkylation sites (N-methyl/N-ethyl adjacent to an activating group) is 1. The molecule has 2 aromatic rings. The number of anilines is 1. The lowest BCUT2D eigenvalue weighted by atomic mass is 10.0. The molecule has 2 fully saturated rings. The summed E-state index contributed by atoms with van der Waals surface area (Å²) in [5.74, 6) is -0.0179. The minimum Gasteiger partial charge on any atom is -0.353 e. The van der Waals surface area contributed by atoms with E-state index in [9.17, 15) is 18.0 Å². The molecule has 0 bridgehead atoms. The zero-order valence-corrected chi connectivity index (χ0v) is 20.4. The van der Waals surface area contributed by atoms with Crippen LogP contribution in [0.1, 0.15) is 24.8 Å². The van der Waals surface area contributed by atoms with Gasteiger partial charge in [-0.25, -0.2) is 8.42 Å². The predicted molar refractivity (Wildman–Crippen MR) is 131 cm³/mol. The molecule has 2 amide bonds. The van der Waals surface area contributed by atoms with Gasteiger partial charge in [-0.1, -0.05) is 30.3 Å². The van der Waals surface area contributed by atoms with E-state index in [-0.39, 0.29) is 29.9 Å². The molecule has 34 heavy (non-hydrogen) atoms. The number of hydrogen-bond donors (Lipinski definition) is 2. The van der Waals surface area contributed by atoms with Crippen molar-refractivity contribution in [2.45, 2.75) is 48.8 Å². The Kier molecular flexibility index (Phi) is 7.35. The van der Waals surface area contributed by atoms with Crippen LogP contribution in [0.15, 0.2) is 59.5 Å². The van der Waals surface area contributed by atoms with E-state index < -0.39 is 9.84 Å². The number of likely N-dealkylation sites (tertiary alicyclic amines) is 1. The van der Waals surface area contributed by atoms with Gasteiger partial charge in [-0.15, -0.1) is 0 Å². The average molecular weight is 485 g/mol. The van der Waals surface area contributed by atoms with Crippen LogP contribution in [0.25, 0.3) is 0 Å². The summed E-state index contributed by atoms with van der Waals surface area (Å²) in [5, 5.41) is 6.01. The third-order valence-corrected chi connectivity index (χ3v) is 7.98. The van der Waals surface area contributed by atoms with Crippen LogP contribution in [-0.4, -0.2) is 74.6 Å². The molecule has 2 aromatic carbocycles. The summed E-state index contributed by atoms with van der Waals surface area (Å²) in [6.07, 6.45) is 3.10. The van der Waals surface area contributed by atoms with Crippen LogP contribution < -0.4 is 10.6 Å². The van der Waals surface area contributed by atoms with Crippen molar-refractivity contribution in [2.75, 3.05) is 31.7 Å². The maximum Gasteiger partial charge on any atom is 0.239 e. The third-order valence-electron chi connectivity index (χ3n) is 6.85. The van der Waals surface area contributed by atoms with Gasteiger partial charge in [-0.3, -0.25) is 19.4 Å². The van der Waals surface area contributed by atoms with Crippen LogP contribution in [0.2, 0.25) is 0 Å². The Morgan fingerprint density at radius 3 is 2.50 bits per heavy atom. The minimum absolute atomic E-state index is 0.0124. The van der Waals surface area contributed by atoms with Gasteiger partial charge >= 0.3 is 0 Å². The Morgan fingerprint density at radius 2 is 1.82 bits per heavy atom. The van der Waals surface area contributed by atoms with Gasteiger partial charge in [0, 0.05) is 50.1 Å². The third kappa shape index (κ3) is 5.65. The summed E-state index contributed by atoms with van der Waals surface area (Å²) < 4.78 is 23.4. The lowest BCUT2D eigenvalue weighted by Gasteiger charge is -2.33. The molecule has 0 aromatic heterocycles. The molecule has 0 aliphatic carbocycles. The van der Waals surface area contributed by atoms with E-state index in [1.54, 1.807) is 12.1 Å². The van der Waals surface area contributed by atoms with Gasteiger partial charge in [0.15, 0.2) is 9.84 Å². The average Bonchev–Trinajstić information content (AvgIpc) is 3.17. The van der Waals surface area contributed by atoms with E-state index in [0.29, 0.717) is 30.8 Å². The highest BCUT2D eigenvalue weighted by Crippen LogP contribution is 2.29. The molecule has 0 spiro atoms. The summed E-state index contributed by atoms with van der Waals surface area (Å²) >= 11 is 0. The van der Waals surface area contributed by atoms with E-state index in [4.69, 9.17) is 0 Å². The number of nitrogens with zero attached hydrogens (tertiary/aromatic N) is 2. The van der Waals surface area contributed by atoms with Gasteiger partial charge < -0.3 is 10.6 Å². The SMILES string of the molecule is CN1C(CCC(=O)Nc2ccccc2)CNC(=O)C2C1CCN2Cc1ccc(S(C)(=O)=O)cc1. The molecule has 3 atom stereocenters. The first-order valence-corrected chi connectivity index (χ1v) is 13.5. The minimum atomic E-state index is -3.24. The fourth-order valence-electron chi connectivity index (χ4n) is 4.95. The Labute approximate surface area is 201 Å². The molecular weight excluding hydrogens is 452 g/mol. The van der Waals surface area contributed by atoms with Crippen LogP contribution in [0.4, 0.5) is 5.69 Å². The molecule has 2 heterocycles. The fourth-order valence-corrected chi connectivity index (χ4v) is 5.58. The smallest absolute Gasteiger partial charge is 0.239 e. The molecule has 0 radical (unpaired) electrons. The highest BCUT2D eigenvalue weighted by molar-refractivity contribution is 7.90. The summed E-state index contributed by atoms with van der Waals surface area (Å²) in [5.41, 5.74) is 1.76. The monoisotopic (exact) mass is 484 g/mol. The number of hydrogen-bond acceptors (Lipinski definition) is 6.